The first-order valence-corrected chi connectivity index (χ1v) is 23.7. The predicted molar refractivity (Wildman–Crippen MR) is 226 cm³/mol. The molecule has 0 aromatic heterocycles. The number of unbranched alkanes of at least 4 members (excludes halogenated alkanes) is 25. The van der Waals surface area contributed by atoms with Crippen LogP contribution < -0.4 is 5.32 Å². The molecule has 3 N–H and O–H groups in total. The van der Waals surface area contributed by atoms with Crippen molar-refractivity contribution in [1.82, 2.24) is 5.32 Å². The highest BCUT2D eigenvalue weighted by molar-refractivity contribution is 7.47. The zero-order chi connectivity index (χ0) is 39.3. The van der Waals surface area contributed by atoms with E-state index in [4.69, 9.17) is 9.05 Å². The van der Waals surface area contributed by atoms with Crippen LogP contribution in [-0.4, -0.2) is 73.4 Å². The lowest BCUT2D eigenvalue weighted by molar-refractivity contribution is -0.870. The summed E-state index contributed by atoms with van der Waals surface area (Å²) in [5.74, 6) is -0.192. The van der Waals surface area contributed by atoms with Crippen LogP contribution in [0.5, 0.6) is 0 Å². The van der Waals surface area contributed by atoms with Crippen LogP contribution in [0.3, 0.4) is 0 Å². The molecular weight excluding hydrogens is 683 g/mol. The van der Waals surface area contributed by atoms with Gasteiger partial charge in [-0.25, -0.2) is 4.57 Å². The number of phosphoric acid groups is 1. The van der Waals surface area contributed by atoms with E-state index in [1.165, 1.54) is 141 Å². The molecule has 1 amide bonds. The zero-order valence-corrected chi connectivity index (χ0v) is 36.4. The van der Waals surface area contributed by atoms with E-state index in [-0.39, 0.29) is 19.1 Å². The Morgan fingerprint density at radius 1 is 0.623 bits per heavy atom. The van der Waals surface area contributed by atoms with Gasteiger partial charge in [0.25, 0.3) is 0 Å². The number of allylic oxidation sites excluding steroid dienone is 3. The number of carbonyl (C=O) groups is 1. The first kappa shape index (κ1) is 52.0. The molecule has 0 aromatic carbocycles. The molecule has 0 bridgehead atoms. The van der Waals surface area contributed by atoms with Crippen molar-refractivity contribution in [3.05, 3.63) is 24.3 Å². The first-order chi connectivity index (χ1) is 25.5. The second-order valence-corrected chi connectivity index (χ2v) is 17.9. The third-order valence-corrected chi connectivity index (χ3v) is 10.9. The molecule has 0 heterocycles. The largest absolute Gasteiger partial charge is 0.472 e. The molecule has 0 saturated carbocycles. The number of likely N-dealkylation sites (N-methyl/N-ethyl adjacent to an activating group) is 1. The summed E-state index contributed by atoms with van der Waals surface area (Å²) < 4.78 is 23.4. The number of nitrogens with one attached hydrogen (secondary N) is 1. The fourth-order valence-corrected chi connectivity index (χ4v) is 7.09. The Balaban J connectivity index is 4.29. The molecule has 0 aliphatic rings. The molecule has 53 heavy (non-hydrogen) atoms. The van der Waals surface area contributed by atoms with Gasteiger partial charge in [0.05, 0.1) is 39.9 Å². The third kappa shape index (κ3) is 39.0. The lowest BCUT2D eigenvalue weighted by atomic mass is 10.0. The second kappa shape index (κ2) is 36.6. The number of nitrogens with zero attached hydrogens (tertiary/aromatic N) is 1. The summed E-state index contributed by atoms with van der Waals surface area (Å²) in [5, 5.41) is 13.7. The van der Waals surface area contributed by atoms with Gasteiger partial charge < -0.3 is 19.8 Å². The van der Waals surface area contributed by atoms with Gasteiger partial charge in [-0.3, -0.25) is 13.8 Å². The minimum absolute atomic E-state index is 0.0578. The average molecular weight is 772 g/mol. The van der Waals surface area contributed by atoms with Gasteiger partial charge in [-0.15, -0.1) is 0 Å². The van der Waals surface area contributed by atoms with E-state index in [2.05, 4.69) is 31.3 Å². The number of carbonyl (C=O) groups excluding carboxylic acids is 1. The van der Waals surface area contributed by atoms with Crippen molar-refractivity contribution >= 4 is 13.7 Å². The summed E-state index contributed by atoms with van der Waals surface area (Å²) in [6.07, 6.45) is 42.7. The number of rotatable bonds is 40. The van der Waals surface area contributed by atoms with Crippen molar-refractivity contribution in [2.75, 3.05) is 40.9 Å². The number of quaternary nitrogens is 1. The maximum atomic E-state index is 12.7. The van der Waals surface area contributed by atoms with E-state index in [0.717, 1.165) is 38.5 Å². The summed E-state index contributed by atoms with van der Waals surface area (Å²) in [6.45, 7) is 4.76. The molecular formula is C44H88N2O6P+. The Bertz CT molecular complexity index is 922. The smallest absolute Gasteiger partial charge is 0.387 e. The SMILES string of the molecule is CCCCCCCCCCCCCCCCCCC/C=C/CC/C=C/C(O)C(COP(=O)(O)OCC[N+](C)(C)C)NC(=O)CCCCCCCCCC. The molecule has 0 radical (unpaired) electrons. The van der Waals surface area contributed by atoms with Crippen LogP contribution in [0.1, 0.15) is 200 Å². The summed E-state index contributed by atoms with van der Waals surface area (Å²) in [4.78, 5) is 22.9. The topological polar surface area (TPSA) is 105 Å². The monoisotopic (exact) mass is 772 g/mol. The summed E-state index contributed by atoms with van der Waals surface area (Å²) in [6, 6.07) is -0.856. The molecule has 0 saturated heterocycles. The molecule has 0 spiro atoms. The van der Waals surface area contributed by atoms with Gasteiger partial charge in [-0.1, -0.05) is 186 Å². The van der Waals surface area contributed by atoms with Crippen LogP contribution in [0, 0.1) is 0 Å². The molecule has 3 atom stereocenters. The Morgan fingerprint density at radius 2 is 1.04 bits per heavy atom. The van der Waals surface area contributed by atoms with Crippen molar-refractivity contribution < 1.29 is 32.9 Å². The van der Waals surface area contributed by atoms with Crippen LogP contribution in [0.2, 0.25) is 0 Å². The lowest BCUT2D eigenvalue weighted by Gasteiger charge is -2.25. The number of aliphatic hydroxyl groups excluding tert-OH is 1. The number of amides is 1. The highest BCUT2D eigenvalue weighted by Gasteiger charge is 2.27. The van der Waals surface area contributed by atoms with Gasteiger partial charge in [-0.05, 0) is 32.1 Å². The minimum Gasteiger partial charge on any atom is -0.387 e. The van der Waals surface area contributed by atoms with Gasteiger partial charge in [0, 0.05) is 6.42 Å². The fourth-order valence-electron chi connectivity index (χ4n) is 6.35. The van der Waals surface area contributed by atoms with Crippen molar-refractivity contribution in [1.29, 1.82) is 0 Å². The average Bonchev–Trinajstić information content (AvgIpc) is 3.10. The van der Waals surface area contributed by atoms with Crippen LogP contribution in [-0.2, 0) is 18.4 Å². The summed E-state index contributed by atoms with van der Waals surface area (Å²) in [7, 11) is 1.56. The lowest BCUT2D eigenvalue weighted by Crippen LogP contribution is -2.45. The summed E-state index contributed by atoms with van der Waals surface area (Å²) >= 11 is 0. The highest BCUT2D eigenvalue weighted by atomic mass is 31.2. The Labute approximate surface area is 328 Å². The molecule has 9 heteroatoms. The Morgan fingerprint density at radius 3 is 1.51 bits per heavy atom. The molecule has 0 aromatic rings. The van der Waals surface area contributed by atoms with Crippen LogP contribution in [0.4, 0.5) is 0 Å². The van der Waals surface area contributed by atoms with Crippen LogP contribution >= 0.6 is 7.82 Å². The molecule has 0 rings (SSSR count). The van der Waals surface area contributed by atoms with Gasteiger partial charge in [0.15, 0.2) is 0 Å². The van der Waals surface area contributed by atoms with Gasteiger partial charge in [-0.2, -0.15) is 0 Å². The molecule has 314 valence electrons. The van der Waals surface area contributed by atoms with Crippen LogP contribution in [0.25, 0.3) is 0 Å². The number of aliphatic hydroxyl groups is 1. The molecule has 0 aliphatic heterocycles. The standard InChI is InChI=1S/C44H87N2O6P/c1-6-8-10-12-14-16-17-18-19-20-21-22-23-24-25-26-27-28-29-30-31-33-35-37-43(47)42(41-52-53(49,50)51-40-39-46(3,4)5)45-44(48)38-36-34-32-15-13-11-9-7-2/h29-30,35,37,42-43,47H,6-28,31-34,36,38-41H2,1-5H3,(H-,45,48,49,50)/p+1/b30-29+,37-35+. The maximum absolute atomic E-state index is 12.7. The van der Waals surface area contributed by atoms with Crippen molar-refractivity contribution in [3.8, 4) is 0 Å². The van der Waals surface area contributed by atoms with Crippen molar-refractivity contribution in [2.45, 2.75) is 212 Å². The molecule has 8 nitrogen and oxygen atoms in total. The van der Waals surface area contributed by atoms with Crippen LogP contribution in [0.15, 0.2) is 24.3 Å². The Hall–Kier alpha value is -1.02. The Kier molecular flexibility index (Phi) is 35.9. The van der Waals surface area contributed by atoms with E-state index >= 15 is 0 Å². The quantitative estimate of drug-likeness (QED) is 0.0248. The highest BCUT2D eigenvalue weighted by Crippen LogP contribution is 2.43. The number of hydrogen-bond donors (Lipinski definition) is 3. The zero-order valence-electron chi connectivity index (χ0n) is 35.5. The minimum atomic E-state index is -4.33. The molecule has 3 unspecified atom stereocenters. The van der Waals surface area contributed by atoms with Gasteiger partial charge in [0.2, 0.25) is 5.91 Å². The van der Waals surface area contributed by atoms with Gasteiger partial charge >= 0.3 is 7.82 Å². The normalized spacial score (nSPS) is 14.6. The number of phosphoric ester groups is 1. The maximum Gasteiger partial charge on any atom is 0.472 e. The van der Waals surface area contributed by atoms with E-state index < -0.39 is 20.0 Å². The van der Waals surface area contributed by atoms with E-state index in [9.17, 15) is 19.4 Å². The predicted octanol–water partition coefficient (Wildman–Crippen LogP) is 12.1. The van der Waals surface area contributed by atoms with Crippen molar-refractivity contribution in [3.63, 3.8) is 0 Å². The van der Waals surface area contributed by atoms with E-state index in [1.807, 2.05) is 27.2 Å². The number of hydrogen-bond acceptors (Lipinski definition) is 5. The first-order valence-electron chi connectivity index (χ1n) is 22.2. The fraction of sp³-hybridized carbons (Fsp3) is 0.886. The third-order valence-electron chi connectivity index (χ3n) is 9.92. The summed E-state index contributed by atoms with van der Waals surface area (Å²) in [5.41, 5.74) is 0. The van der Waals surface area contributed by atoms with E-state index in [1.54, 1.807) is 6.08 Å². The van der Waals surface area contributed by atoms with Crippen molar-refractivity contribution in [2.24, 2.45) is 0 Å². The second-order valence-electron chi connectivity index (χ2n) is 16.4. The molecule has 0 fully saturated rings. The van der Waals surface area contributed by atoms with Gasteiger partial charge in [0.1, 0.15) is 13.2 Å². The molecule has 0 aliphatic carbocycles. The van der Waals surface area contributed by atoms with E-state index in [0.29, 0.717) is 17.4 Å².